The van der Waals surface area contributed by atoms with Crippen LogP contribution < -0.4 is 10.2 Å². The van der Waals surface area contributed by atoms with E-state index in [1.165, 1.54) is 37.7 Å². The summed E-state index contributed by atoms with van der Waals surface area (Å²) in [7, 11) is 0. The normalized spacial score (nSPS) is 19.5. The number of benzene rings is 1. The van der Waals surface area contributed by atoms with Gasteiger partial charge in [-0.25, -0.2) is 9.97 Å². The molecule has 1 aromatic carbocycles. The Balaban J connectivity index is 1.40. The van der Waals surface area contributed by atoms with Crippen molar-refractivity contribution >= 4 is 21.9 Å². The maximum absolute atomic E-state index is 5.41. The highest BCUT2D eigenvalue weighted by Gasteiger charge is 2.31. The van der Waals surface area contributed by atoms with E-state index in [9.17, 15) is 0 Å². The van der Waals surface area contributed by atoms with Crippen molar-refractivity contribution in [3.05, 3.63) is 52.3 Å². The molecule has 2 aromatic rings. The predicted molar refractivity (Wildman–Crippen MR) is 116 cm³/mol. The van der Waals surface area contributed by atoms with Gasteiger partial charge in [0.1, 0.15) is 0 Å². The molecule has 0 bridgehead atoms. The first kappa shape index (κ1) is 19.8. The second kappa shape index (κ2) is 9.33. The minimum atomic E-state index is 0.176. The fourth-order valence-electron chi connectivity index (χ4n) is 4.29. The minimum Gasteiger partial charge on any atom is -0.378 e. The van der Waals surface area contributed by atoms with Crippen molar-refractivity contribution < 1.29 is 4.74 Å². The fourth-order valence-corrected chi connectivity index (χ4v) is 4.56. The van der Waals surface area contributed by atoms with Gasteiger partial charge in [-0.05, 0) is 37.0 Å². The first-order valence-electron chi connectivity index (χ1n) is 10.4. The molecule has 4 rings (SSSR count). The predicted octanol–water partition coefficient (Wildman–Crippen LogP) is 4.11. The highest BCUT2D eigenvalue weighted by molar-refractivity contribution is 9.10. The van der Waals surface area contributed by atoms with E-state index in [-0.39, 0.29) is 5.54 Å². The van der Waals surface area contributed by atoms with Crippen LogP contribution in [0, 0.1) is 0 Å². The molecular weight excluding hydrogens is 416 g/mol. The highest BCUT2D eigenvalue weighted by Crippen LogP contribution is 2.32. The Morgan fingerprint density at radius 3 is 2.32 bits per heavy atom. The lowest BCUT2D eigenvalue weighted by atomic mass is 9.77. The van der Waals surface area contributed by atoms with Gasteiger partial charge in [0, 0.05) is 47.6 Å². The number of hydrogen-bond acceptors (Lipinski definition) is 5. The van der Waals surface area contributed by atoms with Gasteiger partial charge in [0.05, 0.1) is 13.2 Å². The summed E-state index contributed by atoms with van der Waals surface area (Å²) in [6.45, 7) is 4.07. The Labute approximate surface area is 176 Å². The van der Waals surface area contributed by atoms with Crippen LogP contribution in [0.1, 0.15) is 43.2 Å². The molecular formula is C22H29BrN4O. The molecule has 2 heterocycles. The van der Waals surface area contributed by atoms with Gasteiger partial charge in [0.25, 0.3) is 0 Å². The molecule has 0 unspecified atom stereocenters. The first-order chi connectivity index (χ1) is 13.7. The van der Waals surface area contributed by atoms with Crippen molar-refractivity contribution in [2.45, 2.75) is 50.6 Å². The highest BCUT2D eigenvalue weighted by atomic mass is 79.9. The average Bonchev–Trinajstić information content (AvgIpc) is 2.76. The summed E-state index contributed by atoms with van der Waals surface area (Å²) in [5.74, 6) is 0.814. The van der Waals surface area contributed by atoms with Gasteiger partial charge in [0.15, 0.2) is 0 Å². The molecule has 0 amide bonds. The van der Waals surface area contributed by atoms with Crippen molar-refractivity contribution in [1.82, 2.24) is 15.3 Å². The third kappa shape index (κ3) is 5.10. The molecule has 2 fully saturated rings. The van der Waals surface area contributed by atoms with Crippen molar-refractivity contribution in [2.24, 2.45) is 0 Å². The minimum absolute atomic E-state index is 0.176. The monoisotopic (exact) mass is 444 g/mol. The summed E-state index contributed by atoms with van der Waals surface area (Å²) in [6, 6.07) is 8.76. The Kier molecular flexibility index (Phi) is 6.60. The van der Waals surface area contributed by atoms with Crippen LogP contribution in [0.25, 0.3) is 0 Å². The number of rotatable bonds is 6. The molecule has 28 heavy (non-hydrogen) atoms. The lowest BCUT2D eigenvalue weighted by molar-refractivity contribution is 0.122. The standard InChI is InChI=1S/C22H29BrN4O/c23-20-6-4-18(5-7-20)14-22(8-2-1-3-9-22)26-17-19-15-24-21(25-16-19)27-10-12-28-13-11-27/h4-7,15-16,26H,1-3,8-14,17H2. The average molecular weight is 445 g/mol. The number of morpholine rings is 1. The number of nitrogens with one attached hydrogen (secondary N) is 1. The van der Waals surface area contributed by atoms with Gasteiger partial charge in [-0.3, -0.25) is 0 Å². The van der Waals surface area contributed by atoms with Crippen LogP contribution in [-0.4, -0.2) is 41.8 Å². The number of ether oxygens (including phenoxy) is 1. The molecule has 1 N–H and O–H groups in total. The number of halogens is 1. The molecule has 1 aliphatic carbocycles. The lowest BCUT2D eigenvalue weighted by Gasteiger charge is -2.39. The summed E-state index contributed by atoms with van der Waals surface area (Å²) in [4.78, 5) is 11.4. The molecule has 150 valence electrons. The van der Waals surface area contributed by atoms with Crippen LogP contribution in [0.3, 0.4) is 0 Å². The van der Waals surface area contributed by atoms with E-state index in [0.29, 0.717) is 0 Å². The molecule has 2 aliphatic rings. The fraction of sp³-hybridized carbons (Fsp3) is 0.545. The molecule has 1 aromatic heterocycles. The van der Waals surface area contributed by atoms with Crippen LogP contribution in [-0.2, 0) is 17.7 Å². The van der Waals surface area contributed by atoms with E-state index in [1.807, 2.05) is 12.4 Å². The summed E-state index contributed by atoms with van der Waals surface area (Å²) in [6.07, 6.45) is 11.4. The van der Waals surface area contributed by atoms with E-state index in [1.54, 1.807) is 0 Å². The smallest absolute Gasteiger partial charge is 0.225 e. The number of aromatic nitrogens is 2. The third-order valence-corrected chi connectivity index (χ3v) is 6.45. The Morgan fingerprint density at radius 1 is 0.964 bits per heavy atom. The van der Waals surface area contributed by atoms with Crippen LogP contribution in [0.4, 0.5) is 5.95 Å². The maximum atomic E-state index is 5.41. The van der Waals surface area contributed by atoms with Crippen LogP contribution in [0.5, 0.6) is 0 Å². The number of hydrogen-bond donors (Lipinski definition) is 1. The lowest BCUT2D eigenvalue weighted by Crippen LogP contribution is -2.48. The molecule has 5 nitrogen and oxygen atoms in total. The topological polar surface area (TPSA) is 50.3 Å². The molecule has 1 saturated heterocycles. The van der Waals surface area contributed by atoms with Gasteiger partial charge in [-0.15, -0.1) is 0 Å². The summed E-state index contributed by atoms with van der Waals surface area (Å²) in [5, 5.41) is 3.89. The van der Waals surface area contributed by atoms with E-state index in [2.05, 4.69) is 60.4 Å². The first-order valence-corrected chi connectivity index (χ1v) is 11.1. The van der Waals surface area contributed by atoms with Crippen LogP contribution in [0.2, 0.25) is 0 Å². The van der Waals surface area contributed by atoms with Gasteiger partial charge in [0.2, 0.25) is 5.95 Å². The quantitative estimate of drug-likeness (QED) is 0.726. The second-order valence-electron chi connectivity index (χ2n) is 7.99. The number of nitrogens with zero attached hydrogens (tertiary/aromatic N) is 3. The Morgan fingerprint density at radius 2 is 1.64 bits per heavy atom. The summed E-state index contributed by atoms with van der Waals surface area (Å²) >= 11 is 3.54. The van der Waals surface area contributed by atoms with Gasteiger partial charge >= 0.3 is 0 Å². The zero-order valence-corrected chi connectivity index (χ0v) is 18.0. The van der Waals surface area contributed by atoms with Crippen molar-refractivity contribution in [3.63, 3.8) is 0 Å². The van der Waals surface area contributed by atoms with Crippen molar-refractivity contribution in [1.29, 1.82) is 0 Å². The van der Waals surface area contributed by atoms with E-state index in [0.717, 1.165) is 55.3 Å². The zero-order chi connectivity index (χ0) is 19.2. The van der Waals surface area contributed by atoms with Crippen LogP contribution >= 0.6 is 15.9 Å². The number of anilines is 1. The van der Waals surface area contributed by atoms with Crippen molar-refractivity contribution in [2.75, 3.05) is 31.2 Å². The largest absolute Gasteiger partial charge is 0.378 e. The van der Waals surface area contributed by atoms with Gasteiger partial charge in [-0.2, -0.15) is 0 Å². The molecule has 0 atom stereocenters. The molecule has 6 heteroatoms. The SMILES string of the molecule is Brc1ccc(CC2(NCc3cnc(N4CCOCC4)nc3)CCCCC2)cc1. The zero-order valence-electron chi connectivity index (χ0n) is 16.4. The van der Waals surface area contributed by atoms with E-state index >= 15 is 0 Å². The molecule has 0 radical (unpaired) electrons. The molecule has 1 aliphatic heterocycles. The molecule has 1 saturated carbocycles. The maximum Gasteiger partial charge on any atom is 0.225 e. The van der Waals surface area contributed by atoms with Gasteiger partial charge in [-0.1, -0.05) is 47.3 Å². The van der Waals surface area contributed by atoms with Gasteiger partial charge < -0.3 is 15.0 Å². The third-order valence-electron chi connectivity index (χ3n) is 5.92. The molecule has 0 spiro atoms. The summed E-state index contributed by atoms with van der Waals surface area (Å²) < 4.78 is 6.55. The van der Waals surface area contributed by atoms with E-state index in [4.69, 9.17) is 4.74 Å². The Bertz CT molecular complexity index is 738. The summed E-state index contributed by atoms with van der Waals surface area (Å²) in [5.41, 5.74) is 2.73. The van der Waals surface area contributed by atoms with E-state index < -0.39 is 0 Å². The van der Waals surface area contributed by atoms with Crippen molar-refractivity contribution in [3.8, 4) is 0 Å². The van der Waals surface area contributed by atoms with Crippen LogP contribution in [0.15, 0.2) is 41.1 Å². The Hall–Kier alpha value is -1.50. The second-order valence-corrected chi connectivity index (χ2v) is 8.90.